The summed E-state index contributed by atoms with van der Waals surface area (Å²) in [5.74, 6) is -1.83. The Hall–Kier alpha value is -4.35. The molecule has 0 heterocycles. The van der Waals surface area contributed by atoms with Crippen molar-refractivity contribution in [1.82, 2.24) is 5.43 Å². The molecule has 2 aromatic rings. The first-order chi connectivity index (χ1) is 13.2. The highest BCUT2D eigenvalue weighted by molar-refractivity contribution is 5.97. The number of rotatable bonds is 6. The molecule has 0 atom stereocenters. The van der Waals surface area contributed by atoms with Gasteiger partial charge in [0.25, 0.3) is 11.6 Å². The first kappa shape index (κ1) is 20.0. The molecule has 0 aliphatic rings. The Balaban J connectivity index is 2.22. The van der Waals surface area contributed by atoms with E-state index in [2.05, 4.69) is 15.8 Å². The molecule has 0 saturated carbocycles. The monoisotopic (exact) mass is 387 g/mol. The number of benzene rings is 2. The average molecular weight is 387 g/mol. The molecule has 0 bridgehead atoms. The summed E-state index contributed by atoms with van der Waals surface area (Å²) >= 11 is 0. The fourth-order valence-electron chi connectivity index (χ4n) is 2.14. The molecule has 0 spiro atoms. The standard InChI is InChI=1S/C16H13N5O7/c1-9(22)18-12-4-2-3-10(5-12)16(24)19-17-8-11-6-13(20(25)26)7-14(15(11)23)21(27)28/h2-8,23H,1H3,(H,18,22)(H,19,24). The van der Waals surface area contributed by atoms with Gasteiger partial charge in [0, 0.05) is 24.2 Å². The maximum atomic E-state index is 12.1. The van der Waals surface area contributed by atoms with Crippen LogP contribution in [0.1, 0.15) is 22.8 Å². The van der Waals surface area contributed by atoms with E-state index in [1.54, 1.807) is 6.07 Å². The SMILES string of the molecule is CC(=O)Nc1cccc(C(=O)NN=Cc2cc([N+](=O)[O-])cc([N+](=O)[O-])c2O)c1. The summed E-state index contributed by atoms with van der Waals surface area (Å²) in [4.78, 5) is 43.1. The minimum atomic E-state index is -0.980. The van der Waals surface area contributed by atoms with Gasteiger partial charge in [-0.05, 0) is 18.2 Å². The molecule has 144 valence electrons. The molecule has 2 amide bonds. The second-order valence-corrected chi connectivity index (χ2v) is 5.38. The van der Waals surface area contributed by atoms with Crippen molar-refractivity contribution in [2.45, 2.75) is 6.92 Å². The van der Waals surface area contributed by atoms with Crippen molar-refractivity contribution in [3.63, 3.8) is 0 Å². The topological polar surface area (TPSA) is 177 Å². The molecule has 0 aromatic heterocycles. The Morgan fingerprint density at radius 1 is 1.14 bits per heavy atom. The zero-order chi connectivity index (χ0) is 20.8. The Bertz CT molecular complexity index is 1000. The zero-order valence-electron chi connectivity index (χ0n) is 14.3. The Kier molecular flexibility index (Phi) is 5.96. The predicted octanol–water partition coefficient (Wildman–Crippen LogP) is 1.93. The average Bonchev–Trinajstić information content (AvgIpc) is 2.62. The Labute approximate surface area is 156 Å². The Morgan fingerprint density at radius 3 is 2.46 bits per heavy atom. The number of carbonyl (C=O) groups excluding carboxylic acids is 2. The van der Waals surface area contributed by atoms with E-state index < -0.39 is 32.9 Å². The van der Waals surface area contributed by atoms with Crippen LogP contribution >= 0.6 is 0 Å². The summed E-state index contributed by atoms with van der Waals surface area (Å²) in [5, 5.41) is 37.7. The summed E-state index contributed by atoms with van der Waals surface area (Å²) < 4.78 is 0. The minimum Gasteiger partial charge on any atom is -0.502 e. The van der Waals surface area contributed by atoms with Crippen LogP contribution in [0.5, 0.6) is 5.75 Å². The molecule has 0 aliphatic carbocycles. The van der Waals surface area contributed by atoms with Gasteiger partial charge in [0.2, 0.25) is 11.7 Å². The lowest BCUT2D eigenvalue weighted by Gasteiger charge is -2.05. The number of nitrogens with zero attached hydrogens (tertiary/aromatic N) is 3. The number of phenols is 1. The van der Waals surface area contributed by atoms with E-state index >= 15 is 0 Å². The molecular weight excluding hydrogens is 374 g/mol. The quantitative estimate of drug-likeness (QED) is 0.385. The molecular formula is C16H13N5O7. The highest BCUT2D eigenvalue weighted by Gasteiger charge is 2.23. The minimum absolute atomic E-state index is 0.151. The number of amides is 2. The van der Waals surface area contributed by atoms with Gasteiger partial charge in [0.05, 0.1) is 27.7 Å². The van der Waals surface area contributed by atoms with E-state index in [1.807, 2.05) is 0 Å². The summed E-state index contributed by atoms with van der Waals surface area (Å²) in [7, 11) is 0. The van der Waals surface area contributed by atoms with Gasteiger partial charge in [-0.25, -0.2) is 5.43 Å². The van der Waals surface area contributed by atoms with Crippen molar-refractivity contribution in [3.05, 3.63) is 67.8 Å². The molecule has 12 heteroatoms. The lowest BCUT2D eigenvalue weighted by Crippen LogP contribution is -2.18. The molecule has 2 aromatic carbocycles. The number of aromatic hydroxyl groups is 1. The van der Waals surface area contributed by atoms with Crippen LogP contribution in [0.15, 0.2) is 41.5 Å². The van der Waals surface area contributed by atoms with E-state index in [0.717, 1.165) is 12.3 Å². The van der Waals surface area contributed by atoms with E-state index in [4.69, 9.17) is 0 Å². The van der Waals surface area contributed by atoms with E-state index in [9.17, 15) is 34.9 Å². The highest BCUT2D eigenvalue weighted by Crippen LogP contribution is 2.33. The summed E-state index contributed by atoms with van der Waals surface area (Å²) in [5.41, 5.74) is 0.835. The molecule has 12 nitrogen and oxygen atoms in total. The van der Waals surface area contributed by atoms with Gasteiger partial charge in [-0.1, -0.05) is 6.07 Å². The molecule has 0 saturated heterocycles. The number of nitro benzene ring substituents is 2. The molecule has 0 aliphatic heterocycles. The normalized spacial score (nSPS) is 10.5. The number of hydrogen-bond acceptors (Lipinski definition) is 8. The largest absolute Gasteiger partial charge is 0.502 e. The molecule has 3 N–H and O–H groups in total. The number of phenolic OH excluding ortho intramolecular Hbond substituents is 1. The fourth-order valence-corrected chi connectivity index (χ4v) is 2.14. The first-order valence-corrected chi connectivity index (χ1v) is 7.56. The lowest BCUT2D eigenvalue weighted by molar-refractivity contribution is -0.394. The predicted molar refractivity (Wildman–Crippen MR) is 97.2 cm³/mol. The lowest BCUT2D eigenvalue weighted by atomic mass is 10.1. The van der Waals surface area contributed by atoms with Crippen LogP contribution in [0.4, 0.5) is 17.1 Å². The van der Waals surface area contributed by atoms with Crippen LogP contribution in [-0.4, -0.2) is 33.0 Å². The first-order valence-electron chi connectivity index (χ1n) is 7.56. The van der Waals surface area contributed by atoms with Crippen LogP contribution in [0.25, 0.3) is 0 Å². The van der Waals surface area contributed by atoms with Gasteiger partial charge in [-0.15, -0.1) is 0 Å². The molecule has 2 rings (SSSR count). The second-order valence-electron chi connectivity index (χ2n) is 5.38. The molecule has 0 fully saturated rings. The van der Waals surface area contributed by atoms with Gasteiger partial charge >= 0.3 is 5.69 Å². The number of hydrogen-bond donors (Lipinski definition) is 3. The van der Waals surface area contributed by atoms with Crippen LogP contribution < -0.4 is 10.7 Å². The van der Waals surface area contributed by atoms with Crippen molar-refractivity contribution in [2.24, 2.45) is 5.10 Å². The van der Waals surface area contributed by atoms with Gasteiger partial charge in [-0.2, -0.15) is 5.10 Å². The zero-order valence-corrected chi connectivity index (χ0v) is 14.3. The maximum Gasteiger partial charge on any atom is 0.318 e. The summed E-state index contributed by atoms with van der Waals surface area (Å²) in [6.45, 7) is 1.31. The van der Waals surface area contributed by atoms with Crippen molar-refractivity contribution >= 4 is 35.1 Å². The summed E-state index contributed by atoms with van der Waals surface area (Å²) in [6.07, 6.45) is 0.838. The van der Waals surface area contributed by atoms with Gasteiger partial charge in [0.1, 0.15) is 0 Å². The second kappa shape index (κ2) is 8.35. The third kappa shape index (κ3) is 4.85. The molecule has 0 unspecified atom stereocenters. The van der Waals surface area contributed by atoms with Crippen molar-refractivity contribution in [1.29, 1.82) is 0 Å². The van der Waals surface area contributed by atoms with Crippen LogP contribution in [0, 0.1) is 20.2 Å². The Morgan fingerprint density at radius 2 is 1.86 bits per heavy atom. The number of non-ortho nitro benzene ring substituents is 1. The van der Waals surface area contributed by atoms with Crippen LogP contribution in [0.2, 0.25) is 0 Å². The van der Waals surface area contributed by atoms with Crippen molar-refractivity contribution in [3.8, 4) is 5.75 Å². The number of nitrogens with one attached hydrogen (secondary N) is 2. The van der Waals surface area contributed by atoms with E-state index in [1.165, 1.54) is 25.1 Å². The van der Waals surface area contributed by atoms with Gasteiger partial charge in [-0.3, -0.25) is 29.8 Å². The van der Waals surface area contributed by atoms with Crippen molar-refractivity contribution < 1.29 is 24.5 Å². The number of anilines is 1. The van der Waals surface area contributed by atoms with Gasteiger partial charge in [0.15, 0.2) is 0 Å². The third-order valence-electron chi connectivity index (χ3n) is 3.33. The number of hydrazone groups is 1. The highest BCUT2D eigenvalue weighted by atomic mass is 16.6. The molecule has 0 radical (unpaired) electrons. The fraction of sp³-hybridized carbons (Fsp3) is 0.0625. The van der Waals surface area contributed by atoms with Crippen LogP contribution in [-0.2, 0) is 4.79 Å². The van der Waals surface area contributed by atoms with E-state index in [-0.39, 0.29) is 17.0 Å². The molecule has 28 heavy (non-hydrogen) atoms. The number of carbonyl (C=O) groups is 2. The van der Waals surface area contributed by atoms with Gasteiger partial charge < -0.3 is 10.4 Å². The van der Waals surface area contributed by atoms with Crippen LogP contribution in [0.3, 0.4) is 0 Å². The maximum absolute atomic E-state index is 12.1. The van der Waals surface area contributed by atoms with Crippen molar-refractivity contribution in [2.75, 3.05) is 5.32 Å². The summed E-state index contributed by atoms with van der Waals surface area (Å²) in [6, 6.07) is 7.42. The third-order valence-corrected chi connectivity index (χ3v) is 3.33. The number of nitro groups is 2. The smallest absolute Gasteiger partial charge is 0.318 e. The van der Waals surface area contributed by atoms with E-state index in [0.29, 0.717) is 11.8 Å².